The molecule has 170 valence electrons. The van der Waals surface area contributed by atoms with E-state index in [0.29, 0.717) is 21.2 Å². The van der Waals surface area contributed by atoms with Gasteiger partial charge in [-0.3, -0.25) is 9.59 Å². The molecule has 0 unspecified atom stereocenters. The van der Waals surface area contributed by atoms with Crippen molar-refractivity contribution in [2.24, 2.45) is 5.73 Å². The zero-order valence-corrected chi connectivity index (χ0v) is 20.1. The molecule has 0 aliphatic rings. The second kappa shape index (κ2) is 14.4. The van der Waals surface area contributed by atoms with Gasteiger partial charge in [0.25, 0.3) is 0 Å². The average molecular weight is 463 g/mol. The van der Waals surface area contributed by atoms with Gasteiger partial charge in [-0.1, -0.05) is 88.4 Å². The first-order chi connectivity index (χ1) is 15.1. The normalized spacial score (nSPS) is 10.9. The molecule has 6 heteroatoms. The lowest BCUT2D eigenvalue weighted by Crippen LogP contribution is -2.22. The third kappa shape index (κ3) is 8.76. The van der Waals surface area contributed by atoms with Crippen LogP contribution in [0.2, 0.25) is 5.02 Å². The molecule has 0 spiro atoms. The van der Waals surface area contributed by atoms with Crippen molar-refractivity contribution in [1.29, 1.82) is 0 Å². The van der Waals surface area contributed by atoms with E-state index in [1.54, 1.807) is 24.3 Å². The first-order valence-electron chi connectivity index (χ1n) is 11.5. The van der Waals surface area contributed by atoms with Crippen LogP contribution in [-0.2, 0) is 11.2 Å². The molecular formula is C25H35ClN2O2S. The highest BCUT2D eigenvalue weighted by Crippen LogP contribution is 2.32. The zero-order chi connectivity index (χ0) is 22.5. The summed E-state index contributed by atoms with van der Waals surface area (Å²) in [7, 11) is 0. The topological polar surface area (TPSA) is 72.2 Å². The number of benzene rings is 1. The number of thiophene rings is 1. The van der Waals surface area contributed by atoms with E-state index < -0.39 is 0 Å². The molecule has 2 rings (SSSR count). The van der Waals surface area contributed by atoms with E-state index in [1.807, 2.05) is 6.07 Å². The first-order valence-corrected chi connectivity index (χ1v) is 12.7. The molecule has 1 heterocycles. The van der Waals surface area contributed by atoms with Crippen LogP contribution in [0.4, 0.5) is 5.00 Å². The largest absolute Gasteiger partial charge is 0.322 e. The Morgan fingerprint density at radius 3 is 2.16 bits per heavy atom. The smallest absolute Gasteiger partial charge is 0.238 e. The van der Waals surface area contributed by atoms with Crippen molar-refractivity contribution in [3.8, 4) is 0 Å². The van der Waals surface area contributed by atoms with Gasteiger partial charge in [0.2, 0.25) is 5.91 Å². The van der Waals surface area contributed by atoms with Crippen LogP contribution >= 0.6 is 22.9 Å². The number of ketones is 1. The summed E-state index contributed by atoms with van der Waals surface area (Å²) < 4.78 is 0. The summed E-state index contributed by atoms with van der Waals surface area (Å²) in [4.78, 5) is 26.0. The van der Waals surface area contributed by atoms with Crippen molar-refractivity contribution in [3.05, 3.63) is 51.4 Å². The molecule has 0 atom stereocenters. The Hall–Kier alpha value is -1.69. The highest BCUT2D eigenvalue weighted by Gasteiger charge is 2.20. The monoisotopic (exact) mass is 462 g/mol. The molecule has 0 saturated heterocycles. The molecule has 1 amide bonds. The average Bonchev–Trinajstić information content (AvgIpc) is 3.17. The van der Waals surface area contributed by atoms with Crippen LogP contribution in [0.25, 0.3) is 0 Å². The van der Waals surface area contributed by atoms with Gasteiger partial charge in [0, 0.05) is 10.4 Å². The fourth-order valence-corrected chi connectivity index (χ4v) is 4.91. The Kier molecular flexibility index (Phi) is 11.9. The number of nitrogens with two attached hydrogens (primary N) is 1. The maximum atomic E-state index is 13.1. The van der Waals surface area contributed by atoms with E-state index in [2.05, 4.69) is 12.2 Å². The van der Waals surface area contributed by atoms with E-state index in [1.165, 1.54) is 69.1 Å². The number of amides is 1. The fourth-order valence-electron chi connectivity index (χ4n) is 3.58. The van der Waals surface area contributed by atoms with Crippen molar-refractivity contribution in [1.82, 2.24) is 0 Å². The number of hydrogen-bond donors (Lipinski definition) is 2. The predicted molar refractivity (Wildman–Crippen MR) is 132 cm³/mol. The van der Waals surface area contributed by atoms with Gasteiger partial charge in [0.1, 0.15) is 5.00 Å². The van der Waals surface area contributed by atoms with Crippen LogP contribution in [-0.4, -0.2) is 18.2 Å². The maximum Gasteiger partial charge on any atom is 0.238 e. The number of aryl methyl sites for hydroxylation is 1. The van der Waals surface area contributed by atoms with Crippen LogP contribution < -0.4 is 11.1 Å². The highest BCUT2D eigenvalue weighted by molar-refractivity contribution is 7.16. The fraction of sp³-hybridized carbons (Fsp3) is 0.520. The van der Waals surface area contributed by atoms with Crippen LogP contribution in [0.1, 0.15) is 91.9 Å². The number of carbonyl (C=O) groups is 2. The van der Waals surface area contributed by atoms with Crippen molar-refractivity contribution in [3.63, 3.8) is 0 Å². The number of halogens is 1. The van der Waals surface area contributed by atoms with Gasteiger partial charge >= 0.3 is 0 Å². The number of anilines is 1. The van der Waals surface area contributed by atoms with Crippen molar-refractivity contribution < 1.29 is 9.59 Å². The minimum atomic E-state index is -0.305. The lowest BCUT2D eigenvalue weighted by molar-refractivity contribution is -0.114. The molecule has 0 saturated carbocycles. The highest BCUT2D eigenvalue weighted by atomic mass is 35.5. The minimum absolute atomic E-state index is 0.120. The van der Waals surface area contributed by atoms with E-state index >= 15 is 0 Å². The molecule has 1 aromatic carbocycles. The van der Waals surface area contributed by atoms with E-state index in [0.717, 1.165) is 17.7 Å². The van der Waals surface area contributed by atoms with Crippen molar-refractivity contribution >= 4 is 39.6 Å². The van der Waals surface area contributed by atoms with Crippen molar-refractivity contribution in [2.45, 2.75) is 77.6 Å². The van der Waals surface area contributed by atoms with E-state index in [-0.39, 0.29) is 18.2 Å². The number of hydrogen-bond acceptors (Lipinski definition) is 4. The second-order valence-corrected chi connectivity index (χ2v) is 9.49. The Bertz CT molecular complexity index is 835. The second-order valence-electron chi connectivity index (χ2n) is 7.95. The molecule has 0 fully saturated rings. The van der Waals surface area contributed by atoms with E-state index in [4.69, 9.17) is 17.3 Å². The van der Waals surface area contributed by atoms with Crippen LogP contribution in [0.15, 0.2) is 30.3 Å². The Morgan fingerprint density at radius 1 is 0.935 bits per heavy atom. The third-order valence-electron chi connectivity index (χ3n) is 5.36. The molecular weight excluding hydrogens is 428 g/mol. The summed E-state index contributed by atoms with van der Waals surface area (Å²) in [5.41, 5.74) is 6.38. The van der Waals surface area contributed by atoms with Crippen LogP contribution in [0, 0.1) is 0 Å². The van der Waals surface area contributed by atoms with Gasteiger partial charge in [-0.05, 0) is 31.0 Å². The molecule has 0 aliphatic carbocycles. The number of nitrogens with one attached hydrogen (secondary N) is 1. The minimum Gasteiger partial charge on any atom is -0.322 e. The quantitative estimate of drug-likeness (QED) is 0.221. The SMILES string of the molecule is CCCCCCCCCCCCc1cc(C(=O)c2ccccc2Cl)c(NC(=O)CN)s1. The Balaban J connectivity index is 1.89. The molecule has 0 radical (unpaired) electrons. The number of unbranched alkanes of at least 4 members (excludes halogenated alkanes) is 9. The van der Waals surface area contributed by atoms with Gasteiger partial charge in [0.05, 0.1) is 17.1 Å². The van der Waals surface area contributed by atoms with Crippen molar-refractivity contribution in [2.75, 3.05) is 11.9 Å². The summed E-state index contributed by atoms with van der Waals surface area (Å²) in [6.45, 7) is 2.13. The van der Waals surface area contributed by atoms with E-state index in [9.17, 15) is 9.59 Å². The Labute approximate surface area is 195 Å². The molecule has 1 aromatic heterocycles. The summed E-state index contributed by atoms with van der Waals surface area (Å²) in [5, 5.41) is 3.75. The molecule has 3 N–H and O–H groups in total. The summed E-state index contributed by atoms with van der Waals surface area (Å²) in [6.07, 6.45) is 13.8. The van der Waals surface area contributed by atoms with Crippen LogP contribution in [0.3, 0.4) is 0 Å². The predicted octanol–water partition coefficient (Wildman–Crippen LogP) is 6.99. The summed E-state index contributed by atoms with van der Waals surface area (Å²) in [5.74, 6) is -0.482. The lowest BCUT2D eigenvalue weighted by atomic mass is 10.0. The lowest BCUT2D eigenvalue weighted by Gasteiger charge is -2.05. The Morgan fingerprint density at radius 2 is 1.55 bits per heavy atom. The summed E-state index contributed by atoms with van der Waals surface area (Å²) in [6, 6.07) is 8.88. The standard InChI is InChI=1S/C25H35ClN2O2S/c1-2-3-4-5-6-7-8-9-10-11-14-19-17-21(25(31-19)28-23(29)18-27)24(30)20-15-12-13-16-22(20)26/h12-13,15-17H,2-11,14,18,27H2,1H3,(H,28,29). The summed E-state index contributed by atoms with van der Waals surface area (Å²) >= 11 is 7.68. The van der Waals surface area contributed by atoms with Gasteiger partial charge in [-0.15, -0.1) is 11.3 Å². The molecule has 2 aromatic rings. The number of rotatable bonds is 15. The third-order valence-corrected chi connectivity index (χ3v) is 6.80. The maximum absolute atomic E-state index is 13.1. The van der Waals surface area contributed by atoms with Crippen LogP contribution in [0.5, 0.6) is 0 Å². The molecule has 4 nitrogen and oxygen atoms in total. The van der Waals surface area contributed by atoms with Gasteiger partial charge in [-0.2, -0.15) is 0 Å². The van der Waals surface area contributed by atoms with Gasteiger partial charge in [-0.25, -0.2) is 0 Å². The molecule has 0 aliphatic heterocycles. The van der Waals surface area contributed by atoms with Gasteiger partial charge in [0.15, 0.2) is 5.78 Å². The molecule has 31 heavy (non-hydrogen) atoms. The first kappa shape index (κ1) is 25.6. The zero-order valence-electron chi connectivity index (χ0n) is 18.6. The molecule has 0 bridgehead atoms. The van der Waals surface area contributed by atoms with Gasteiger partial charge < -0.3 is 11.1 Å². The number of carbonyl (C=O) groups excluding carboxylic acids is 2.